The van der Waals surface area contributed by atoms with E-state index in [1.807, 2.05) is 0 Å². The van der Waals surface area contributed by atoms with Gasteiger partial charge in [0.05, 0.1) is 98.2 Å². The quantitative estimate of drug-likeness (QED) is 0.0122. The van der Waals surface area contributed by atoms with Crippen molar-refractivity contribution in [1.29, 1.82) is 0 Å². The summed E-state index contributed by atoms with van der Waals surface area (Å²) in [5, 5.41) is 12.0. The summed E-state index contributed by atoms with van der Waals surface area (Å²) in [5.41, 5.74) is -3.29. The molecule has 0 aromatic heterocycles. The molecule has 0 spiro atoms. The smallest absolute Gasteiger partial charge is 0.333 e. The third-order valence-electron chi connectivity index (χ3n) is 16.4. The van der Waals surface area contributed by atoms with Crippen LogP contribution < -0.4 is 4.90 Å². The van der Waals surface area contributed by atoms with Crippen molar-refractivity contribution in [1.82, 2.24) is 5.06 Å². The molecule has 4 aromatic carbocycles. The van der Waals surface area contributed by atoms with E-state index in [4.69, 9.17) is 38.0 Å². The van der Waals surface area contributed by atoms with Crippen molar-refractivity contribution in [2.45, 2.75) is 89.2 Å². The lowest BCUT2D eigenvalue weighted by Crippen LogP contribution is -2.35. The number of fused-ring (bicyclic) bond motifs is 6. The topological polar surface area (TPSA) is 444 Å². The second-order valence-electron chi connectivity index (χ2n) is 22.7. The van der Waals surface area contributed by atoms with Crippen LogP contribution in [0, 0.1) is 0 Å². The number of carbonyl (C=O) groups is 4. The third-order valence-corrected chi connectivity index (χ3v) is 20.7. The molecule has 4 aliphatic rings. The van der Waals surface area contributed by atoms with Crippen LogP contribution in [0.25, 0.3) is 21.5 Å². The fraction of sp³-hybridized carbons (Fsp3) is 0.475. The zero-order valence-corrected chi connectivity index (χ0v) is 56.0. The van der Waals surface area contributed by atoms with Crippen molar-refractivity contribution in [3.63, 3.8) is 0 Å². The van der Waals surface area contributed by atoms with E-state index in [1.165, 1.54) is 57.6 Å². The van der Waals surface area contributed by atoms with Gasteiger partial charge in [0.15, 0.2) is 12.3 Å². The van der Waals surface area contributed by atoms with Crippen LogP contribution in [0.1, 0.15) is 69.9 Å². The number of rotatable bonds is 36. The van der Waals surface area contributed by atoms with Gasteiger partial charge in [-0.2, -0.15) is 46.7 Å². The van der Waals surface area contributed by atoms with Gasteiger partial charge in [0, 0.05) is 91.9 Å². The van der Waals surface area contributed by atoms with E-state index >= 15 is 4.79 Å². The van der Waals surface area contributed by atoms with Crippen molar-refractivity contribution in [2.24, 2.45) is 0 Å². The van der Waals surface area contributed by atoms with Crippen molar-refractivity contribution in [3.8, 4) is 0 Å². The standard InChI is InChI=1S/C59H71N3O28S5/c1-58(14-6-30-91(68,69)70)49(61(17-19-86-25-27-87-22-20-83-3)46-11-9-39-41(54(46)58)31-37(92(71,72)73)33-47(39)94(77,78)79)35-43-56(66)44(57(43)67)36-50-59(2,15-18-85-24-26-89-29-28-88-23-21-84-4)55-42-32-38(93(74,75)76)34-48(95(80,81)82)40(42)8-10-45(55)60(50)16-5-7-53(65)90-62-51(63)12-13-52(62)64/h8-11,31-36H,5-7,12-30H2,1-4H3,(H5-,66,67,68,69,70,71,72,73,74,75,76,77,78,79,80,81,82)/p+1. The Morgan fingerprint density at radius 3 is 1.57 bits per heavy atom. The normalized spacial score (nSPS) is 19.6. The van der Waals surface area contributed by atoms with Crippen LogP contribution in [-0.2, 0) is 119 Å². The van der Waals surface area contributed by atoms with E-state index in [0.29, 0.717) is 30.4 Å². The first kappa shape index (κ1) is 74.2. The predicted molar refractivity (Wildman–Crippen MR) is 334 cm³/mol. The molecule has 31 nitrogen and oxygen atoms in total. The summed E-state index contributed by atoms with van der Waals surface area (Å²) >= 11 is 0. The highest BCUT2D eigenvalue weighted by molar-refractivity contribution is 7.87. The van der Waals surface area contributed by atoms with Crippen LogP contribution in [-0.4, -0.2) is 221 Å². The molecule has 95 heavy (non-hydrogen) atoms. The number of ether oxygens (including phenoxy) is 7. The highest BCUT2D eigenvalue weighted by Crippen LogP contribution is 2.55. The Kier molecular flexibility index (Phi) is 23.5. The number of allylic oxidation sites excluding steroid dienone is 5. The monoisotopic (exact) mass is 1430 g/mol. The molecule has 2 amide bonds. The summed E-state index contributed by atoms with van der Waals surface area (Å²) in [6.45, 7) is 4.33. The number of carbonyl (C=O) groups excluding carboxylic acids is 4. The van der Waals surface area contributed by atoms with Gasteiger partial charge in [-0.1, -0.05) is 6.07 Å². The largest absolute Gasteiger partial charge is 0.506 e. The molecule has 1 fully saturated rings. The minimum absolute atomic E-state index is 0.00903. The van der Waals surface area contributed by atoms with Crippen LogP contribution in [0.3, 0.4) is 0 Å². The lowest BCUT2D eigenvalue weighted by atomic mass is 9.72. The average Bonchev–Trinajstić information content (AvgIpc) is 1.58. The number of hydrogen-bond acceptors (Lipinski definition) is 24. The molecule has 0 radical (unpaired) electrons. The third kappa shape index (κ3) is 16.9. The summed E-state index contributed by atoms with van der Waals surface area (Å²) in [4.78, 5) is 56.2. The maximum atomic E-state index is 15.2. The SMILES string of the molecule is COCCOCCOCCOCCC1(C)/C(=C\C2=C(O)C(=C/C3=[N+](CCOCCOCCOC)c4ccc5c(S(=O)(=O)O)cc(S(=O)(=O)O)cc5c4C3(C)CCCS(=O)(=O)O)/C2=O)N(CCCC(=O)ON2C(=O)CCC2=O)c2ccc3c(S(=O)(=O)O)cc(S(=O)(=O)O)cc3c21. The van der Waals surface area contributed by atoms with E-state index in [0.717, 1.165) is 12.1 Å². The molecule has 36 heteroatoms. The zero-order chi connectivity index (χ0) is 69.6. The number of imide groups is 1. The Balaban J connectivity index is 1.31. The number of nitrogens with zero attached hydrogens (tertiary/aromatic N) is 3. The summed E-state index contributed by atoms with van der Waals surface area (Å²) in [7, 11) is -22.7. The number of amides is 2. The number of aliphatic hydroxyl groups excluding tert-OH is 1. The number of ketones is 1. The first-order chi connectivity index (χ1) is 44.6. The number of Topliss-reactive ketones (excluding diaryl/α,β-unsaturated/α-hetero) is 1. The molecule has 2 atom stereocenters. The van der Waals surface area contributed by atoms with Crippen LogP contribution in [0.15, 0.2) is 103 Å². The zero-order valence-electron chi connectivity index (χ0n) is 51.9. The van der Waals surface area contributed by atoms with Gasteiger partial charge in [-0.15, -0.1) is 5.06 Å². The first-order valence-electron chi connectivity index (χ1n) is 29.4. The Labute approximate surface area is 547 Å². The predicted octanol–water partition coefficient (Wildman–Crippen LogP) is 4.14. The van der Waals surface area contributed by atoms with Crippen LogP contribution in [0.2, 0.25) is 0 Å². The maximum absolute atomic E-state index is 15.2. The Hall–Kier alpha value is -6.56. The fourth-order valence-electron chi connectivity index (χ4n) is 12.0. The molecule has 0 saturated carbocycles. The summed E-state index contributed by atoms with van der Waals surface area (Å²) in [6.07, 6.45) is 0.764. The molecule has 0 bridgehead atoms. The van der Waals surface area contributed by atoms with Crippen LogP contribution >= 0.6 is 0 Å². The van der Waals surface area contributed by atoms with Crippen molar-refractivity contribution < 1.29 is 132 Å². The molecule has 8 rings (SSSR count). The van der Waals surface area contributed by atoms with Gasteiger partial charge in [0.25, 0.3) is 62.4 Å². The molecule has 1 saturated heterocycles. The molecule has 1 aliphatic carbocycles. The molecule has 3 aliphatic heterocycles. The first-order valence-corrected chi connectivity index (χ1v) is 36.8. The van der Waals surface area contributed by atoms with E-state index in [9.17, 15) is 84.3 Å². The van der Waals surface area contributed by atoms with Gasteiger partial charge < -0.3 is 48.0 Å². The summed E-state index contributed by atoms with van der Waals surface area (Å²) < 4.78 is 220. The number of benzene rings is 4. The Bertz CT molecular complexity index is 4420. The second kappa shape index (κ2) is 30.1. The molecule has 6 N–H and O–H groups in total. The van der Waals surface area contributed by atoms with Gasteiger partial charge in [0.1, 0.15) is 22.2 Å². The number of hydroxylamine groups is 2. The highest BCUT2D eigenvalue weighted by atomic mass is 32.2. The molecule has 520 valence electrons. The second-order valence-corrected chi connectivity index (χ2v) is 29.9. The number of methoxy groups -OCH3 is 2. The van der Waals surface area contributed by atoms with Crippen LogP contribution in [0.5, 0.6) is 0 Å². The van der Waals surface area contributed by atoms with Crippen molar-refractivity contribution >= 4 is 113 Å². The Morgan fingerprint density at radius 2 is 1.07 bits per heavy atom. The van der Waals surface area contributed by atoms with Crippen molar-refractivity contribution in [2.75, 3.05) is 117 Å². The van der Waals surface area contributed by atoms with E-state index in [-0.39, 0.29) is 173 Å². The summed E-state index contributed by atoms with van der Waals surface area (Å²) in [5.74, 6) is -4.92. The molecular formula is C59H72N3O28S5+. The van der Waals surface area contributed by atoms with Gasteiger partial charge in [-0.3, -0.25) is 37.1 Å². The fourth-order valence-corrected chi connectivity index (χ4v) is 15.2. The number of aliphatic hydroxyl groups is 1. The maximum Gasteiger partial charge on any atom is 0.333 e. The summed E-state index contributed by atoms with van der Waals surface area (Å²) in [6, 6.07) is 8.32. The van der Waals surface area contributed by atoms with Gasteiger partial charge >= 0.3 is 5.97 Å². The van der Waals surface area contributed by atoms with E-state index < -0.39 is 134 Å². The van der Waals surface area contributed by atoms with Crippen LogP contribution in [0.4, 0.5) is 11.4 Å². The Morgan fingerprint density at radius 1 is 0.579 bits per heavy atom. The molecule has 2 unspecified atom stereocenters. The average molecular weight is 1430 g/mol. The minimum Gasteiger partial charge on any atom is -0.506 e. The van der Waals surface area contributed by atoms with Crippen molar-refractivity contribution in [3.05, 3.63) is 94.4 Å². The van der Waals surface area contributed by atoms with Gasteiger partial charge in [0.2, 0.25) is 11.5 Å². The molecule has 3 heterocycles. The lowest BCUT2D eigenvalue weighted by Gasteiger charge is -2.32. The lowest BCUT2D eigenvalue weighted by molar-refractivity contribution is -0.442. The molecule has 4 aromatic rings. The molecular weight excluding hydrogens is 1360 g/mol. The van der Waals surface area contributed by atoms with Gasteiger partial charge in [-0.05, 0) is 98.3 Å². The van der Waals surface area contributed by atoms with E-state index in [1.54, 1.807) is 16.4 Å². The highest BCUT2D eigenvalue weighted by Gasteiger charge is 2.52. The van der Waals surface area contributed by atoms with Gasteiger partial charge in [-0.25, -0.2) is 4.79 Å². The van der Waals surface area contributed by atoms with E-state index in [2.05, 4.69) is 0 Å². The number of hydrogen-bond donors (Lipinski definition) is 6. The minimum atomic E-state index is -5.28. The number of anilines is 1.